The zero-order valence-corrected chi connectivity index (χ0v) is 68.5. The first-order chi connectivity index (χ1) is 52.9. The predicted molar refractivity (Wildman–Crippen MR) is 463 cm³/mol. The summed E-state index contributed by atoms with van der Waals surface area (Å²) in [5.41, 5.74) is 15.6. The lowest BCUT2D eigenvalue weighted by molar-refractivity contribution is 0.0626. The number of thiocarbonyl (C=S) groups is 2. The molecule has 9 aromatic rings. The average molecular weight is 1590 g/mol. The molecule has 16 nitrogen and oxygen atoms in total. The molecule has 0 aliphatic carbocycles. The number of nitrogens with one attached hydrogen (secondary N) is 4. The minimum absolute atomic E-state index is 0.0928. The second kappa shape index (κ2) is 39.1. The van der Waals surface area contributed by atoms with Crippen LogP contribution in [0.3, 0.4) is 0 Å². The van der Waals surface area contributed by atoms with Gasteiger partial charge in [-0.25, -0.2) is 0 Å². The molecule has 6 atom stereocenters. The highest BCUT2D eigenvalue weighted by Crippen LogP contribution is 2.39. The summed E-state index contributed by atoms with van der Waals surface area (Å²) in [6.45, 7) is 21.1. The molecular weight excluding hydrogens is 1490 g/mol. The zero-order valence-electron chi connectivity index (χ0n) is 63.5. The van der Waals surface area contributed by atoms with Gasteiger partial charge in [0.1, 0.15) is 111 Å². The lowest BCUT2D eigenvalue weighted by Gasteiger charge is -2.27. The van der Waals surface area contributed by atoms with Gasteiger partial charge in [0.2, 0.25) is 0 Å². The topological polar surface area (TPSA) is 187 Å². The Morgan fingerprint density at radius 3 is 0.827 bits per heavy atom. The van der Waals surface area contributed by atoms with Crippen LogP contribution < -0.4 is 59.4 Å². The Morgan fingerprint density at radius 1 is 0.382 bits per heavy atom. The van der Waals surface area contributed by atoms with Crippen molar-refractivity contribution in [3.05, 3.63) is 274 Å². The number of ether oxygens (including phenoxy) is 8. The lowest BCUT2D eigenvalue weighted by Crippen LogP contribution is -2.37. The van der Waals surface area contributed by atoms with Gasteiger partial charge in [0, 0.05) is 56.8 Å². The normalized spacial score (nSPS) is 15.3. The first kappa shape index (κ1) is 82.4. The SMILES string of the molecule is CC(C)(c1ccc(OCC(O)COc2ccc(C(C)(C)c3ccc(OCC4CS4)cc3)cc2)cc1)c1ccc(OCC(S)CNC(=S)N/N=C/c2cccc(/C=N/NC(=S)NCC(S)COc3ccc(C(C)(C)c4ccc(OCC(O)COc5ccc(C(C)(C)c6ccc(OCC7CS7)cc6)cc5)cc4)cc3)c2)cc1. The minimum atomic E-state index is -0.818. The molecule has 110 heavy (non-hydrogen) atoms. The molecule has 6 unspecified atom stereocenters. The van der Waals surface area contributed by atoms with Crippen LogP contribution >= 0.6 is 73.2 Å². The number of rotatable bonds is 40. The van der Waals surface area contributed by atoms with Gasteiger partial charge in [0.15, 0.2) is 10.2 Å². The van der Waals surface area contributed by atoms with Crippen molar-refractivity contribution >= 4 is 95.9 Å². The molecule has 0 bridgehead atoms. The van der Waals surface area contributed by atoms with E-state index in [0.717, 1.165) is 80.7 Å². The molecule has 6 N–H and O–H groups in total. The number of benzene rings is 9. The van der Waals surface area contributed by atoms with Crippen molar-refractivity contribution in [3.63, 3.8) is 0 Å². The van der Waals surface area contributed by atoms with Crippen LogP contribution in [0.4, 0.5) is 0 Å². The van der Waals surface area contributed by atoms with Crippen molar-refractivity contribution in [3.8, 4) is 46.0 Å². The molecule has 0 saturated carbocycles. The van der Waals surface area contributed by atoms with Crippen molar-refractivity contribution in [2.24, 2.45) is 10.2 Å². The van der Waals surface area contributed by atoms with E-state index in [-0.39, 0.29) is 58.6 Å². The molecule has 0 spiro atoms. The number of hydrogen-bond acceptors (Lipinski definition) is 18. The third kappa shape index (κ3) is 24.7. The van der Waals surface area contributed by atoms with E-state index in [0.29, 0.717) is 70.0 Å². The Hall–Kier alpha value is -8.58. The van der Waals surface area contributed by atoms with Crippen LogP contribution in [0.2, 0.25) is 0 Å². The van der Waals surface area contributed by atoms with Gasteiger partial charge in [0.25, 0.3) is 0 Å². The van der Waals surface area contributed by atoms with E-state index in [2.05, 4.69) is 208 Å². The zero-order chi connectivity index (χ0) is 77.7. The van der Waals surface area contributed by atoms with E-state index in [9.17, 15) is 10.2 Å². The Kier molecular flexibility index (Phi) is 29.3. The van der Waals surface area contributed by atoms with E-state index < -0.39 is 12.2 Å². The fraction of sp³-hybridized carbons (Fsp3) is 0.341. The van der Waals surface area contributed by atoms with Gasteiger partial charge in [-0.1, -0.05) is 171 Å². The predicted octanol–water partition coefficient (Wildman–Crippen LogP) is 16.0. The maximum absolute atomic E-state index is 10.8. The molecule has 2 heterocycles. The van der Waals surface area contributed by atoms with Crippen LogP contribution in [0.25, 0.3) is 0 Å². The van der Waals surface area contributed by atoms with Crippen LogP contribution in [0, 0.1) is 0 Å². The molecule has 0 radical (unpaired) electrons. The molecule has 0 amide bonds. The second-order valence-corrected chi connectivity index (χ2v) is 34.5. The number of hydrogen-bond donors (Lipinski definition) is 8. The van der Waals surface area contributed by atoms with E-state index in [1.807, 2.05) is 121 Å². The lowest BCUT2D eigenvalue weighted by atomic mass is 9.78. The molecule has 2 saturated heterocycles. The van der Waals surface area contributed by atoms with Gasteiger partial charge in [-0.3, -0.25) is 10.9 Å². The number of thiol groups is 2. The van der Waals surface area contributed by atoms with Crippen LogP contribution in [0.1, 0.15) is 111 Å². The van der Waals surface area contributed by atoms with Gasteiger partial charge in [-0.15, -0.1) is 0 Å². The first-order valence-electron chi connectivity index (χ1n) is 37.0. The summed E-state index contributed by atoms with van der Waals surface area (Å²) in [5.74, 6) is 8.34. The van der Waals surface area contributed by atoms with Gasteiger partial charge in [-0.2, -0.15) is 59.0 Å². The number of aliphatic hydroxyl groups excluding tert-OH is 2. The molecule has 2 aliphatic rings. The molecule has 2 aliphatic heterocycles. The van der Waals surface area contributed by atoms with Gasteiger partial charge >= 0.3 is 0 Å². The van der Waals surface area contributed by atoms with Crippen molar-refractivity contribution in [1.82, 2.24) is 21.5 Å². The standard InChI is InChI=1S/C88H100N6O10S6/c1-85(2,61-12-28-71(29-13-61)97-49-69(95)51-99-73-32-16-63(17-33-73)87(5,6)67-24-40-77(41-25-67)103-55-81-57-109-81)65-20-36-75(37-21-65)101-53-79(105)47-89-83(107)93-91-45-59-10-9-11-60(44-59)46-92-94-84(108)90-48-80(106)54-102-76-38-22-66(23-39-76)86(3,4)62-14-30-72(31-15-62)98-50-70(96)52-100-74-34-18-64(19-35-74)88(7,8)68-26-42-78(43-27-68)104-56-82-58-110-82/h9-46,69-70,79-82,95-96,105-106H,47-58H2,1-8H3,(H2,89,93,107)(H2,90,94,108)/b91-45+,92-46+. The highest BCUT2D eigenvalue weighted by atomic mass is 32.2. The summed E-state index contributed by atoms with van der Waals surface area (Å²) in [6.07, 6.45) is 1.71. The highest BCUT2D eigenvalue weighted by Gasteiger charge is 2.29. The van der Waals surface area contributed by atoms with Crippen molar-refractivity contribution in [1.29, 1.82) is 0 Å². The van der Waals surface area contributed by atoms with Gasteiger partial charge in [0.05, 0.1) is 22.9 Å². The summed E-state index contributed by atoms with van der Waals surface area (Å²) in [5, 5.41) is 38.1. The molecule has 578 valence electrons. The first-order valence-corrected chi connectivity index (χ1v) is 40.9. The average Bonchev–Trinajstić information content (AvgIpc) is 1.48. The monoisotopic (exact) mass is 1590 g/mol. The van der Waals surface area contributed by atoms with E-state index in [1.54, 1.807) is 12.4 Å². The Morgan fingerprint density at radius 2 is 0.600 bits per heavy atom. The van der Waals surface area contributed by atoms with Crippen LogP contribution in [-0.2, 0) is 21.7 Å². The Bertz CT molecular complexity index is 4170. The minimum Gasteiger partial charge on any atom is -0.492 e. The maximum atomic E-state index is 10.8. The maximum Gasteiger partial charge on any atom is 0.186 e. The molecule has 0 aromatic heterocycles. The largest absolute Gasteiger partial charge is 0.492 e. The molecular formula is C88H100N6O10S6. The summed E-state index contributed by atoms with van der Waals surface area (Å²) < 4.78 is 47.9. The molecule has 2 fully saturated rings. The van der Waals surface area contributed by atoms with Crippen molar-refractivity contribution < 1.29 is 48.1 Å². The summed E-state index contributed by atoms with van der Waals surface area (Å²) in [6, 6.07) is 72.7. The third-order valence-electron chi connectivity index (χ3n) is 19.6. The highest BCUT2D eigenvalue weighted by molar-refractivity contribution is 8.07. The van der Waals surface area contributed by atoms with Gasteiger partial charge < -0.3 is 58.7 Å². The molecule has 9 aromatic carbocycles. The number of aliphatic hydroxyl groups is 2. The van der Waals surface area contributed by atoms with Crippen LogP contribution in [-0.4, -0.2) is 144 Å². The fourth-order valence-electron chi connectivity index (χ4n) is 12.0. The van der Waals surface area contributed by atoms with E-state index in [4.69, 9.17) is 87.6 Å². The van der Waals surface area contributed by atoms with Crippen LogP contribution in [0.15, 0.2) is 229 Å². The van der Waals surface area contributed by atoms with Crippen molar-refractivity contribution in [2.45, 2.75) is 110 Å². The quantitative estimate of drug-likeness (QED) is 0.00595. The second-order valence-electron chi connectivity index (χ2n) is 29.5. The smallest absolute Gasteiger partial charge is 0.186 e. The fourth-order valence-corrected chi connectivity index (χ4v) is 13.4. The van der Waals surface area contributed by atoms with Gasteiger partial charge in [-0.05, 0) is 183 Å². The van der Waals surface area contributed by atoms with Crippen molar-refractivity contribution in [2.75, 3.05) is 77.5 Å². The summed E-state index contributed by atoms with van der Waals surface area (Å²) in [7, 11) is 0. The number of thioether (sulfide) groups is 2. The Balaban J connectivity index is 0.515. The number of nitrogens with zero attached hydrogens (tertiary/aromatic N) is 2. The summed E-state index contributed by atoms with van der Waals surface area (Å²) in [4.78, 5) is 0. The van der Waals surface area contributed by atoms with Crippen LogP contribution in [0.5, 0.6) is 46.0 Å². The van der Waals surface area contributed by atoms with E-state index >= 15 is 0 Å². The number of hydrazone groups is 2. The molecule has 22 heteroatoms. The third-order valence-corrected chi connectivity index (χ3v) is 22.6. The van der Waals surface area contributed by atoms with E-state index in [1.165, 1.54) is 22.6 Å². The molecule has 11 rings (SSSR count). The Labute approximate surface area is 678 Å². The summed E-state index contributed by atoms with van der Waals surface area (Å²) >= 11 is 24.3.